The monoisotopic (exact) mass is 423 g/mol. The molecule has 0 aromatic carbocycles. The van der Waals surface area contributed by atoms with Crippen molar-refractivity contribution in [3.05, 3.63) is 32.3 Å². The molecular weight excluding hydrogens is 402 g/mol. The van der Waals surface area contributed by atoms with Crippen LogP contribution in [0.25, 0.3) is 0 Å². The number of nitriles is 1. The molecule has 1 amide bonds. The summed E-state index contributed by atoms with van der Waals surface area (Å²) >= 11 is 2.47. The zero-order valence-corrected chi connectivity index (χ0v) is 17.4. The van der Waals surface area contributed by atoms with Gasteiger partial charge in [-0.05, 0) is 30.7 Å². The summed E-state index contributed by atoms with van der Waals surface area (Å²) in [5.41, 5.74) is 0. The number of hydrogen-bond acceptors (Lipinski definition) is 7. The first-order valence-corrected chi connectivity index (χ1v) is 12.2. The Hall–Kier alpha value is -1.76. The van der Waals surface area contributed by atoms with E-state index in [4.69, 9.17) is 0 Å². The molecule has 2 aromatic rings. The summed E-state index contributed by atoms with van der Waals surface area (Å²) in [6, 6.07) is 4.82. The van der Waals surface area contributed by atoms with Gasteiger partial charge in [0.15, 0.2) is 20.9 Å². The van der Waals surface area contributed by atoms with Crippen molar-refractivity contribution in [2.75, 3.05) is 0 Å². The molecule has 0 bridgehead atoms. The number of aryl methyl sites for hydroxylation is 1. The predicted molar refractivity (Wildman–Crippen MR) is 106 cm³/mol. The molecule has 0 spiro atoms. The molecule has 9 heteroatoms. The zero-order chi connectivity index (χ0) is 19.4. The van der Waals surface area contributed by atoms with Gasteiger partial charge < -0.3 is 5.32 Å². The third-order valence-electron chi connectivity index (χ3n) is 4.64. The Labute approximate surface area is 167 Å². The highest BCUT2D eigenvalue weighted by Crippen LogP contribution is 2.33. The van der Waals surface area contributed by atoms with Crippen LogP contribution in [-0.4, -0.2) is 24.6 Å². The number of nitrogens with one attached hydrogen (secondary N) is 1. The van der Waals surface area contributed by atoms with Crippen LogP contribution < -0.4 is 5.32 Å². The molecule has 1 fully saturated rings. The third-order valence-corrected chi connectivity index (χ3v) is 9.09. The topological polar surface area (TPSA) is 99.9 Å². The molecule has 6 nitrogen and oxygen atoms in total. The van der Waals surface area contributed by atoms with Crippen molar-refractivity contribution in [3.63, 3.8) is 0 Å². The Kier molecular flexibility index (Phi) is 6.29. The Balaban J connectivity index is 1.92. The average Bonchev–Trinajstić information content (AvgIpc) is 3.36. The summed E-state index contributed by atoms with van der Waals surface area (Å²) in [5, 5.41) is 13.9. The van der Waals surface area contributed by atoms with Crippen molar-refractivity contribution in [2.24, 2.45) is 0 Å². The summed E-state index contributed by atoms with van der Waals surface area (Å²) < 4.78 is 26.3. The highest BCUT2D eigenvalue weighted by molar-refractivity contribution is 7.92. The van der Waals surface area contributed by atoms with Gasteiger partial charge in [-0.15, -0.1) is 22.7 Å². The number of thiazole rings is 1. The van der Waals surface area contributed by atoms with Gasteiger partial charge in [0.1, 0.15) is 4.88 Å². The number of amides is 1. The molecule has 27 heavy (non-hydrogen) atoms. The van der Waals surface area contributed by atoms with E-state index in [2.05, 4.69) is 16.4 Å². The minimum atomic E-state index is -3.67. The second kappa shape index (κ2) is 8.50. The molecular formula is C18H21N3O3S3. The summed E-state index contributed by atoms with van der Waals surface area (Å²) in [6.07, 6.45) is 4.58. The molecule has 2 heterocycles. The van der Waals surface area contributed by atoms with E-state index in [1.54, 1.807) is 12.1 Å². The van der Waals surface area contributed by atoms with Crippen molar-refractivity contribution >= 4 is 38.4 Å². The van der Waals surface area contributed by atoms with E-state index in [-0.39, 0.29) is 9.90 Å². The van der Waals surface area contributed by atoms with E-state index < -0.39 is 27.0 Å². The van der Waals surface area contributed by atoms with Crippen molar-refractivity contribution in [1.29, 1.82) is 5.26 Å². The van der Waals surface area contributed by atoms with Crippen LogP contribution in [-0.2, 0) is 16.3 Å². The van der Waals surface area contributed by atoms with Gasteiger partial charge in [-0.2, -0.15) is 5.26 Å². The molecule has 0 saturated heterocycles. The highest BCUT2D eigenvalue weighted by atomic mass is 32.2. The van der Waals surface area contributed by atoms with E-state index in [0.717, 1.165) is 30.6 Å². The van der Waals surface area contributed by atoms with Crippen LogP contribution in [0.15, 0.2) is 22.5 Å². The van der Waals surface area contributed by atoms with Crippen LogP contribution in [0.4, 0.5) is 0 Å². The molecule has 1 saturated carbocycles. The lowest BCUT2D eigenvalue weighted by atomic mass is 10.0. The van der Waals surface area contributed by atoms with Crippen LogP contribution in [0.3, 0.4) is 0 Å². The zero-order valence-electron chi connectivity index (χ0n) is 15.0. The SMILES string of the molecule is CCc1nc(S(=O)(=O)C2CCCCC2)c(C(=O)NC(C#N)c2cccs2)s1. The fourth-order valence-corrected chi connectivity index (χ4v) is 7.10. The first kappa shape index (κ1) is 20.0. The molecule has 2 aromatic heterocycles. The van der Waals surface area contributed by atoms with Crippen molar-refractivity contribution in [1.82, 2.24) is 10.3 Å². The maximum Gasteiger partial charge on any atom is 0.265 e. The van der Waals surface area contributed by atoms with Crippen molar-refractivity contribution in [3.8, 4) is 6.07 Å². The van der Waals surface area contributed by atoms with Gasteiger partial charge >= 0.3 is 0 Å². The Morgan fingerprint density at radius 3 is 2.74 bits per heavy atom. The van der Waals surface area contributed by atoms with Crippen LogP contribution in [0.2, 0.25) is 0 Å². The fourth-order valence-electron chi connectivity index (χ4n) is 3.19. The number of sulfone groups is 1. The second-order valence-electron chi connectivity index (χ2n) is 6.45. The molecule has 1 atom stereocenters. The Bertz CT molecular complexity index is 936. The summed E-state index contributed by atoms with van der Waals surface area (Å²) in [6.45, 7) is 1.88. The number of nitrogens with zero attached hydrogens (tertiary/aromatic N) is 2. The largest absolute Gasteiger partial charge is 0.331 e. The summed E-state index contributed by atoms with van der Waals surface area (Å²) in [4.78, 5) is 17.9. The van der Waals surface area contributed by atoms with Gasteiger partial charge in [0.2, 0.25) is 0 Å². The minimum absolute atomic E-state index is 0.0919. The van der Waals surface area contributed by atoms with E-state index in [0.29, 0.717) is 29.1 Å². The number of carbonyl (C=O) groups is 1. The second-order valence-corrected chi connectivity index (χ2v) is 10.7. The van der Waals surface area contributed by atoms with Crippen molar-refractivity contribution < 1.29 is 13.2 Å². The minimum Gasteiger partial charge on any atom is -0.331 e. The lowest BCUT2D eigenvalue weighted by molar-refractivity contribution is 0.0946. The number of thiophene rings is 1. The Morgan fingerprint density at radius 2 is 2.15 bits per heavy atom. The fraction of sp³-hybridized carbons (Fsp3) is 0.500. The quantitative estimate of drug-likeness (QED) is 0.760. The van der Waals surface area contributed by atoms with Gasteiger partial charge in [0.25, 0.3) is 5.91 Å². The van der Waals surface area contributed by atoms with Gasteiger partial charge in [0.05, 0.1) is 16.3 Å². The van der Waals surface area contributed by atoms with Gasteiger partial charge in [-0.25, -0.2) is 13.4 Å². The van der Waals surface area contributed by atoms with Crippen LogP contribution in [0.5, 0.6) is 0 Å². The first-order chi connectivity index (χ1) is 13.0. The highest BCUT2D eigenvalue weighted by Gasteiger charge is 2.35. The number of carbonyl (C=O) groups excluding carboxylic acids is 1. The standard InChI is InChI=1S/C18H21N3O3S3/c1-2-15-21-18(27(23,24)12-7-4-3-5-8-12)16(26-15)17(22)20-13(11-19)14-9-6-10-25-14/h6,9-10,12-13H,2-5,7-8H2,1H3,(H,20,22). The van der Waals surface area contributed by atoms with E-state index in [9.17, 15) is 18.5 Å². The lowest BCUT2D eigenvalue weighted by Gasteiger charge is -2.21. The summed E-state index contributed by atoms with van der Waals surface area (Å²) in [7, 11) is -3.67. The Morgan fingerprint density at radius 1 is 1.41 bits per heavy atom. The number of hydrogen-bond donors (Lipinski definition) is 1. The summed E-state index contributed by atoms with van der Waals surface area (Å²) in [5.74, 6) is -0.554. The molecule has 1 aliphatic rings. The predicted octanol–water partition coefficient (Wildman–Crippen LogP) is 3.87. The van der Waals surface area contributed by atoms with Gasteiger partial charge in [0, 0.05) is 4.88 Å². The molecule has 3 rings (SSSR count). The average molecular weight is 424 g/mol. The molecule has 1 unspecified atom stereocenters. The third kappa shape index (κ3) is 4.23. The normalized spacial score (nSPS) is 16.6. The maximum absolute atomic E-state index is 13.1. The van der Waals surface area contributed by atoms with Crippen LogP contribution in [0.1, 0.15) is 64.6 Å². The first-order valence-electron chi connectivity index (χ1n) is 8.94. The lowest BCUT2D eigenvalue weighted by Crippen LogP contribution is -2.30. The van der Waals surface area contributed by atoms with Gasteiger partial charge in [-0.3, -0.25) is 4.79 Å². The number of rotatable bonds is 6. The number of aromatic nitrogens is 1. The smallest absolute Gasteiger partial charge is 0.265 e. The van der Waals surface area contributed by atoms with E-state index >= 15 is 0 Å². The molecule has 0 aliphatic heterocycles. The maximum atomic E-state index is 13.1. The van der Waals surface area contributed by atoms with Gasteiger partial charge in [-0.1, -0.05) is 32.3 Å². The molecule has 1 N–H and O–H groups in total. The van der Waals surface area contributed by atoms with Crippen LogP contribution in [0, 0.1) is 11.3 Å². The molecule has 1 aliphatic carbocycles. The molecule has 0 radical (unpaired) electrons. The van der Waals surface area contributed by atoms with E-state index in [1.165, 1.54) is 11.3 Å². The molecule has 144 valence electrons. The van der Waals surface area contributed by atoms with Crippen LogP contribution >= 0.6 is 22.7 Å². The van der Waals surface area contributed by atoms with Crippen molar-refractivity contribution in [2.45, 2.75) is 61.8 Å². The van der Waals surface area contributed by atoms with E-state index in [1.807, 2.05) is 12.3 Å².